The van der Waals surface area contributed by atoms with E-state index in [-0.39, 0.29) is 46.4 Å². The van der Waals surface area contributed by atoms with Gasteiger partial charge in [-0.25, -0.2) is 4.39 Å². The van der Waals surface area contributed by atoms with Crippen molar-refractivity contribution in [3.05, 3.63) is 28.3 Å². The number of hydrogen-bond donors (Lipinski definition) is 4. The number of nitrogens with zero attached hydrogens (tertiary/aromatic N) is 6. The van der Waals surface area contributed by atoms with Crippen molar-refractivity contribution in [1.82, 2.24) is 34.7 Å². The Kier molecular flexibility index (Phi) is 7.78. The Bertz CT molecular complexity index is 1320. The normalized spacial score (nSPS) is 27.4. The number of nitrogens with one attached hydrogen (secondary N) is 2. The Morgan fingerprint density at radius 3 is 2.95 bits per heavy atom. The molecule has 2 unspecified atom stereocenters. The van der Waals surface area contributed by atoms with Gasteiger partial charge < -0.3 is 36.1 Å². The summed E-state index contributed by atoms with van der Waals surface area (Å²) in [6.07, 6.45) is 4.48. The van der Waals surface area contributed by atoms with Gasteiger partial charge in [0.25, 0.3) is 10.9 Å². The lowest BCUT2D eigenvalue weighted by Gasteiger charge is -2.54. The third-order valence-electron chi connectivity index (χ3n) is 6.62. The number of carboxylic acids is 1. The van der Waals surface area contributed by atoms with Crippen LogP contribution in [0.15, 0.2) is 27.6 Å². The van der Waals surface area contributed by atoms with Crippen LogP contribution < -0.4 is 16.4 Å². The van der Waals surface area contributed by atoms with Crippen LogP contribution in [0.5, 0.6) is 0 Å². The molecule has 2 saturated heterocycles. The van der Waals surface area contributed by atoms with Crippen molar-refractivity contribution >= 4 is 69.2 Å². The molecule has 1 aromatic heterocycles. The van der Waals surface area contributed by atoms with Crippen molar-refractivity contribution in [2.75, 3.05) is 50.8 Å². The molecule has 4 atom stereocenters. The molecule has 0 aromatic carbocycles. The minimum atomic E-state index is -1.33. The summed E-state index contributed by atoms with van der Waals surface area (Å²) in [5, 5.41) is 21.7. The Balaban J connectivity index is 1.29. The van der Waals surface area contributed by atoms with E-state index in [9.17, 15) is 28.7 Å². The third-order valence-corrected chi connectivity index (χ3v) is 10.3. The molecule has 0 bridgehead atoms. The van der Waals surface area contributed by atoms with Gasteiger partial charge >= 0.3 is 5.97 Å². The fourth-order valence-electron chi connectivity index (χ4n) is 4.76. The topological polar surface area (TPSA) is 196 Å². The first-order valence-corrected chi connectivity index (χ1v) is 15.3. The number of thioether (sulfide) groups is 1. The van der Waals surface area contributed by atoms with Crippen molar-refractivity contribution in [2.24, 2.45) is 10.6 Å². The van der Waals surface area contributed by atoms with Crippen molar-refractivity contribution in [2.45, 2.75) is 11.4 Å². The smallest absolute Gasteiger partial charge is 0.314 e. The highest BCUT2D eigenvalue weighted by Crippen LogP contribution is 2.44. The lowest BCUT2D eigenvalue weighted by Crippen LogP contribution is -2.74. The summed E-state index contributed by atoms with van der Waals surface area (Å²) in [7, 11) is -0.247. The van der Waals surface area contributed by atoms with E-state index in [1.807, 2.05) is 27.7 Å². The number of nitrogen functional groups attached to an aromatic ring is 1. The zero-order valence-electron chi connectivity index (χ0n) is 21.0. The molecule has 5 heterocycles. The van der Waals surface area contributed by atoms with E-state index in [0.717, 1.165) is 16.6 Å². The summed E-state index contributed by atoms with van der Waals surface area (Å²) in [5.74, 6) is -1.77. The molecule has 0 saturated carbocycles. The Hall–Kier alpha value is -3.58. The van der Waals surface area contributed by atoms with Crippen molar-refractivity contribution in [3.8, 4) is 0 Å². The van der Waals surface area contributed by atoms with E-state index in [4.69, 9.17) is 10.6 Å². The van der Waals surface area contributed by atoms with E-state index < -0.39 is 47.9 Å². The molecule has 0 spiro atoms. The average molecular weight is 615 g/mol. The quantitative estimate of drug-likeness (QED) is 0.0561. The van der Waals surface area contributed by atoms with Gasteiger partial charge in [0.05, 0.1) is 17.1 Å². The molecule has 4 aliphatic heterocycles. The van der Waals surface area contributed by atoms with E-state index in [2.05, 4.69) is 25.1 Å². The van der Waals surface area contributed by atoms with Crippen LogP contribution in [0, 0.1) is 5.41 Å². The number of oxime groups is 1. The number of aliphatic carboxylic acids is 1. The number of nitrogens with two attached hydrogens (primary N) is 1. The highest BCUT2D eigenvalue weighted by molar-refractivity contribution is 8.02. The molecule has 0 radical (unpaired) electrons. The van der Waals surface area contributed by atoms with Crippen LogP contribution >= 0.6 is 23.3 Å². The van der Waals surface area contributed by atoms with Crippen LogP contribution in [0.2, 0.25) is 0 Å². The molecular weight excluding hydrogens is 589 g/mol. The molecule has 3 amide bonds. The van der Waals surface area contributed by atoms with Gasteiger partial charge in [-0.05, 0) is 0 Å². The molecule has 1 aromatic rings. The number of aromatic nitrogens is 2. The summed E-state index contributed by atoms with van der Waals surface area (Å²) in [6, 6.07) is -0.953. The average Bonchev–Trinajstić information content (AvgIpc) is 3.62. The van der Waals surface area contributed by atoms with Crippen LogP contribution in [0.1, 0.15) is 5.82 Å². The zero-order chi connectivity index (χ0) is 28.6. The van der Waals surface area contributed by atoms with Crippen molar-refractivity contribution < 1.29 is 33.5 Å². The zero-order valence-corrected chi connectivity index (χ0v) is 23.4. The maximum absolute atomic E-state index is 13.1. The van der Waals surface area contributed by atoms with Crippen LogP contribution in [-0.4, -0.2) is 116 Å². The monoisotopic (exact) mass is 614 g/mol. The second kappa shape index (κ2) is 11.1. The van der Waals surface area contributed by atoms with Gasteiger partial charge in [0.1, 0.15) is 48.4 Å². The third kappa shape index (κ3) is 4.92. The summed E-state index contributed by atoms with van der Waals surface area (Å²) in [6.45, 7) is -0.877. The van der Waals surface area contributed by atoms with Gasteiger partial charge in [-0.2, -0.15) is 9.36 Å². The molecular formula is C21H25FN9O6S3+. The van der Waals surface area contributed by atoms with Gasteiger partial charge in [0, 0.05) is 30.4 Å². The van der Waals surface area contributed by atoms with E-state index in [1.54, 1.807) is 0 Å². The lowest BCUT2D eigenvalue weighted by atomic mass is 9.86. The molecule has 5 N–H and O–H groups in total. The van der Waals surface area contributed by atoms with Crippen LogP contribution in [0.3, 0.4) is 0 Å². The first-order valence-electron chi connectivity index (χ1n) is 11.8. The SMILES string of the molecule is C[S+]1C=CN2CN(CC3(C(=O)O)CS[C@@H]4[C@H](NC(=O)C(=NOCCF)c5nsc(N)n5)C(=O)N4C3)C(NC=O)=C21. The minimum absolute atomic E-state index is 0.0592. The fraction of sp³-hybridized carbons (Fsp3) is 0.476. The van der Waals surface area contributed by atoms with Gasteiger partial charge in [-0.1, -0.05) is 5.16 Å². The number of halogens is 1. The molecule has 40 heavy (non-hydrogen) atoms. The summed E-state index contributed by atoms with van der Waals surface area (Å²) in [4.78, 5) is 63.9. The van der Waals surface area contributed by atoms with Crippen molar-refractivity contribution in [3.63, 3.8) is 0 Å². The number of hydrogen-bond acceptors (Lipinski definition) is 13. The number of carbonyl (C=O) groups is 4. The van der Waals surface area contributed by atoms with Crippen LogP contribution in [0.25, 0.3) is 0 Å². The maximum atomic E-state index is 13.1. The summed E-state index contributed by atoms with van der Waals surface area (Å²) in [5.41, 5.74) is 3.91. The standard InChI is InChI=1S/C21H24FN9O6S3/c1-40-5-3-29-10-30(14(18(29)40)24-9-32)6-21(19(35)36)7-31-16(34)12(17(31)38-8-21)25-15(33)11(27-37-4-2-22)13-26-20(23)39-28-13/h3,5,9,12,17H,2,4,6-8,10H2,1H3,(H4-,23,24,25,26,28,32,33,35,36)/p+1/t12-,17-,21?,40?/m1/s1. The summed E-state index contributed by atoms with van der Waals surface area (Å²) < 4.78 is 16.4. The highest BCUT2D eigenvalue weighted by Gasteiger charge is 2.59. The van der Waals surface area contributed by atoms with E-state index >= 15 is 0 Å². The number of carboxylic acid groups (broad SMARTS) is 1. The summed E-state index contributed by atoms with van der Waals surface area (Å²) >= 11 is 2.06. The Labute approximate surface area is 238 Å². The second-order valence-electron chi connectivity index (χ2n) is 9.19. The van der Waals surface area contributed by atoms with Gasteiger partial charge in [-0.3, -0.25) is 24.1 Å². The maximum Gasteiger partial charge on any atom is 0.314 e. The largest absolute Gasteiger partial charge is 0.481 e. The number of alkyl halides is 1. The van der Waals surface area contributed by atoms with Crippen LogP contribution in [-0.2, 0) is 34.9 Å². The molecule has 19 heteroatoms. The predicted molar refractivity (Wildman–Crippen MR) is 145 cm³/mol. The molecule has 214 valence electrons. The number of amides is 3. The number of rotatable bonds is 11. The van der Waals surface area contributed by atoms with Gasteiger partial charge in [0.15, 0.2) is 11.0 Å². The molecule has 15 nitrogen and oxygen atoms in total. The molecule has 0 aliphatic carbocycles. The number of β-lactam (4-membered cyclic amide) rings is 1. The first kappa shape index (κ1) is 28.0. The first-order chi connectivity index (χ1) is 19.2. The molecule has 2 fully saturated rings. The van der Waals surface area contributed by atoms with Crippen molar-refractivity contribution in [1.29, 1.82) is 0 Å². The molecule has 4 aliphatic rings. The Morgan fingerprint density at radius 2 is 2.27 bits per heavy atom. The lowest BCUT2D eigenvalue weighted by molar-refractivity contribution is -0.159. The predicted octanol–water partition coefficient (Wildman–Crippen LogP) is -1.54. The number of carbonyl (C=O) groups excluding carboxylic acids is 3. The second-order valence-corrected chi connectivity index (χ2v) is 12.9. The van der Waals surface area contributed by atoms with Gasteiger partial charge in [0.2, 0.25) is 23.9 Å². The minimum Gasteiger partial charge on any atom is -0.481 e. The Morgan fingerprint density at radius 1 is 1.48 bits per heavy atom. The number of fused-ring (bicyclic) bond motifs is 2. The molecule has 5 rings (SSSR count). The van der Waals surface area contributed by atoms with Gasteiger partial charge in [-0.15, -0.1) is 11.8 Å². The fourth-order valence-corrected chi connectivity index (χ4v) is 8.17. The van der Waals surface area contributed by atoms with E-state index in [0.29, 0.717) is 18.9 Å². The number of anilines is 1. The van der Waals surface area contributed by atoms with E-state index in [1.165, 1.54) is 16.7 Å². The van der Waals surface area contributed by atoms with Crippen LogP contribution in [0.4, 0.5) is 9.52 Å². The highest BCUT2D eigenvalue weighted by atomic mass is 32.2.